The standard InChI is InChI=1S/C25H14F4N2/c26-21-19-17-13-7-8-14-18(17)25(20(19)22(27)24(29)23(21)28)30-31(15-9-3-1-4-10-15)16-11-5-2-6-12-16/h1-14H/b30-25+. The van der Waals surface area contributed by atoms with Crippen LogP contribution < -0.4 is 5.01 Å². The molecule has 0 saturated carbocycles. The fourth-order valence-electron chi connectivity index (χ4n) is 3.76. The van der Waals surface area contributed by atoms with Crippen molar-refractivity contribution in [1.82, 2.24) is 0 Å². The quantitative estimate of drug-likeness (QED) is 0.136. The van der Waals surface area contributed by atoms with E-state index >= 15 is 0 Å². The normalized spacial score (nSPS) is 13.2. The van der Waals surface area contributed by atoms with E-state index in [0.29, 0.717) is 16.9 Å². The zero-order valence-corrected chi connectivity index (χ0v) is 16.0. The Hall–Kier alpha value is -3.93. The number of hydrogen-bond acceptors (Lipinski definition) is 2. The zero-order valence-electron chi connectivity index (χ0n) is 16.0. The summed E-state index contributed by atoms with van der Waals surface area (Å²) in [4.78, 5) is 0. The summed E-state index contributed by atoms with van der Waals surface area (Å²) in [7, 11) is 0. The number of halogens is 4. The molecule has 0 aliphatic heterocycles. The van der Waals surface area contributed by atoms with Crippen LogP contribution in [0, 0.1) is 23.3 Å². The van der Waals surface area contributed by atoms with Gasteiger partial charge in [-0.3, -0.25) is 0 Å². The number of nitrogens with zero attached hydrogens (tertiary/aromatic N) is 2. The third kappa shape index (κ3) is 2.99. The molecule has 0 amide bonds. The maximum Gasteiger partial charge on any atom is 0.198 e. The molecule has 6 heteroatoms. The maximum atomic E-state index is 14.9. The van der Waals surface area contributed by atoms with Gasteiger partial charge in [0.05, 0.1) is 16.9 Å². The van der Waals surface area contributed by atoms with Gasteiger partial charge < -0.3 is 0 Å². The van der Waals surface area contributed by atoms with Gasteiger partial charge in [0.2, 0.25) is 0 Å². The van der Waals surface area contributed by atoms with Crippen molar-refractivity contribution in [3.05, 3.63) is 119 Å². The Balaban J connectivity index is 1.82. The van der Waals surface area contributed by atoms with Crippen LogP contribution in [0.2, 0.25) is 0 Å². The molecule has 152 valence electrons. The lowest BCUT2D eigenvalue weighted by atomic mass is 10.0. The van der Waals surface area contributed by atoms with E-state index < -0.39 is 28.8 Å². The molecule has 0 unspecified atom stereocenters. The van der Waals surface area contributed by atoms with Crippen molar-refractivity contribution < 1.29 is 17.6 Å². The highest BCUT2D eigenvalue weighted by Crippen LogP contribution is 2.42. The second-order valence-corrected chi connectivity index (χ2v) is 6.98. The van der Waals surface area contributed by atoms with E-state index in [9.17, 15) is 17.6 Å². The van der Waals surface area contributed by atoms with Gasteiger partial charge in [0, 0.05) is 11.1 Å². The number of benzene rings is 4. The van der Waals surface area contributed by atoms with Gasteiger partial charge in [0.25, 0.3) is 0 Å². The molecule has 31 heavy (non-hydrogen) atoms. The molecule has 0 radical (unpaired) electrons. The van der Waals surface area contributed by atoms with Crippen LogP contribution in [-0.4, -0.2) is 5.71 Å². The van der Waals surface area contributed by atoms with Crippen molar-refractivity contribution in [2.45, 2.75) is 0 Å². The van der Waals surface area contributed by atoms with Gasteiger partial charge in [-0.05, 0) is 29.8 Å². The zero-order chi connectivity index (χ0) is 21.5. The highest BCUT2D eigenvalue weighted by atomic mass is 19.2. The molecular weight excluding hydrogens is 404 g/mol. The van der Waals surface area contributed by atoms with E-state index in [0.717, 1.165) is 0 Å². The van der Waals surface area contributed by atoms with E-state index in [-0.39, 0.29) is 16.8 Å². The first-order valence-electron chi connectivity index (χ1n) is 9.53. The largest absolute Gasteiger partial charge is 0.233 e. The molecule has 5 rings (SSSR count). The monoisotopic (exact) mass is 418 g/mol. The third-order valence-electron chi connectivity index (χ3n) is 5.16. The summed E-state index contributed by atoms with van der Waals surface area (Å²) < 4.78 is 57.8. The number of anilines is 2. The van der Waals surface area contributed by atoms with Crippen molar-refractivity contribution in [3.8, 4) is 11.1 Å². The van der Waals surface area contributed by atoms with Gasteiger partial charge in [0.15, 0.2) is 23.3 Å². The summed E-state index contributed by atoms with van der Waals surface area (Å²) in [5, 5.41) is 6.18. The highest BCUT2D eigenvalue weighted by Gasteiger charge is 2.36. The van der Waals surface area contributed by atoms with Crippen molar-refractivity contribution in [3.63, 3.8) is 0 Å². The van der Waals surface area contributed by atoms with Gasteiger partial charge in [0.1, 0.15) is 5.71 Å². The average molecular weight is 418 g/mol. The van der Waals surface area contributed by atoms with Gasteiger partial charge >= 0.3 is 0 Å². The number of hydrazone groups is 1. The highest BCUT2D eigenvalue weighted by molar-refractivity contribution is 6.25. The molecule has 2 nitrogen and oxygen atoms in total. The smallest absolute Gasteiger partial charge is 0.198 e. The van der Waals surface area contributed by atoms with E-state index in [1.165, 1.54) is 6.07 Å². The number of fused-ring (bicyclic) bond motifs is 3. The molecule has 4 aromatic rings. The molecule has 1 aliphatic rings. The van der Waals surface area contributed by atoms with E-state index in [4.69, 9.17) is 0 Å². The van der Waals surface area contributed by atoms with Crippen LogP contribution in [0.5, 0.6) is 0 Å². The first-order chi connectivity index (χ1) is 15.1. The summed E-state index contributed by atoms with van der Waals surface area (Å²) in [6.45, 7) is 0. The number of rotatable bonds is 3. The second-order valence-electron chi connectivity index (χ2n) is 6.98. The van der Waals surface area contributed by atoms with E-state index in [1.807, 2.05) is 36.4 Å². The minimum Gasteiger partial charge on any atom is -0.233 e. The average Bonchev–Trinajstić information content (AvgIpc) is 3.15. The summed E-state index contributed by atoms with van der Waals surface area (Å²) in [5.41, 5.74) is 1.27. The predicted molar refractivity (Wildman–Crippen MR) is 112 cm³/mol. The van der Waals surface area contributed by atoms with E-state index in [1.54, 1.807) is 47.5 Å². The van der Waals surface area contributed by atoms with Crippen LogP contribution in [0.3, 0.4) is 0 Å². The summed E-state index contributed by atoms with van der Waals surface area (Å²) in [6, 6.07) is 24.6. The van der Waals surface area contributed by atoms with Gasteiger partial charge in [-0.15, -0.1) is 0 Å². The fourth-order valence-corrected chi connectivity index (χ4v) is 3.76. The minimum absolute atomic E-state index is 0.0219. The lowest BCUT2D eigenvalue weighted by molar-refractivity contribution is 0.410. The molecule has 0 heterocycles. The van der Waals surface area contributed by atoms with Crippen molar-refractivity contribution in [1.29, 1.82) is 0 Å². The lowest BCUT2D eigenvalue weighted by Gasteiger charge is -2.21. The molecule has 4 aromatic carbocycles. The Morgan fingerprint density at radius 3 is 1.48 bits per heavy atom. The predicted octanol–water partition coefficient (Wildman–Crippen LogP) is 6.81. The molecular formula is C25H14F4N2. The fraction of sp³-hybridized carbons (Fsp3) is 0. The van der Waals surface area contributed by atoms with E-state index in [2.05, 4.69) is 5.10 Å². The SMILES string of the molecule is Fc1c(F)c(F)c2c(c1F)/C(=N/N(c1ccccc1)c1ccccc1)c1ccccc1-2. The van der Waals surface area contributed by atoms with Gasteiger partial charge in [-0.2, -0.15) is 5.10 Å². The minimum atomic E-state index is -1.86. The second kappa shape index (κ2) is 7.40. The summed E-state index contributed by atoms with van der Waals surface area (Å²) in [5.74, 6) is -6.60. The van der Waals surface area contributed by atoms with Crippen LogP contribution in [0.4, 0.5) is 28.9 Å². The summed E-state index contributed by atoms with van der Waals surface area (Å²) in [6.07, 6.45) is 0. The van der Waals surface area contributed by atoms with Crippen LogP contribution >= 0.6 is 0 Å². The Morgan fingerprint density at radius 1 is 0.484 bits per heavy atom. The maximum absolute atomic E-state index is 14.9. The Kier molecular flexibility index (Phi) is 4.55. The van der Waals surface area contributed by atoms with Crippen molar-refractivity contribution in [2.24, 2.45) is 5.10 Å². The molecule has 0 spiro atoms. The number of para-hydroxylation sites is 2. The first kappa shape index (κ1) is 19.1. The first-order valence-corrected chi connectivity index (χ1v) is 9.53. The molecule has 0 aromatic heterocycles. The molecule has 0 fully saturated rings. The molecule has 1 aliphatic carbocycles. The molecule has 0 bridgehead atoms. The van der Waals surface area contributed by atoms with Crippen molar-refractivity contribution in [2.75, 3.05) is 5.01 Å². The Morgan fingerprint density at radius 2 is 0.935 bits per heavy atom. The molecule has 0 N–H and O–H groups in total. The van der Waals surface area contributed by atoms with Crippen molar-refractivity contribution >= 4 is 17.1 Å². The van der Waals surface area contributed by atoms with Crippen LogP contribution in [0.1, 0.15) is 11.1 Å². The molecule has 0 saturated heterocycles. The van der Waals surface area contributed by atoms with Crippen LogP contribution in [-0.2, 0) is 0 Å². The lowest BCUT2D eigenvalue weighted by Crippen LogP contribution is -2.15. The molecule has 0 atom stereocenters. The van der Waals surface area contributed by atoms with Crippen LogP contribution in [0.15, 0.2) is 90.0 Å². The Labute approximate surface area is 175 Å². The third-order valence-corrected chi connectivity index (χ3v) is 5.16. The van der Waals surface area contributed by atoms with Gasteiger partial charge in [-0.1, -0.05) is 60.7 Å². The Bertz CT molecular complexity index is 1280. The van der Waals surface area contributed by atoms with Crippen LogP contribution in [0.25, 0.3) is 11.1 Å². The summed E-state index contributed by atoms with van der Waals surface area (Å²) >= 11 is 0. The number of hydrogen-bond donors (Lipinski definition) is 0. The van der Waals surface area contributed by atoms with Gasteiger partial charge in [-0.25, -0.2) is 22.6 Å². The topological polar surface area (TPSA) is 15.6 Å².